The van der Waals surface area contributed by atoms with Crippen LogP contribution >= 0.6 is 0 Å². The minimum atomic E-state index is -0.482. The van der Waals surface area contributed by atoms with E-state index in [9.17, 15) is 9.59 Å². The standard InChI is InChI=1S/C23H23N3O3/c1-3-29-15-10-8-14(9-11-15)22-21-17(16-6-4-5-7-18(16)24-21)12-19-23(28)25(2)13-20(27)26(19)22/h4-11,19,22,24H,3,12-13H2,1-2H3/t19-,22+/m1/s1. The number of carbonyl (C=O) groups excluding carboxylic acids is 2. The third-order valence-corrected chi connectivity index (χ3v) is 5.96. The van der Waals surface area contributed by atoms with Crippen LogP contribution in [0, 0.1) is 0 Å². The zero-order chi connectivity index (χ0) is 20.1. The number of ether oxygens (including phenoxy) is 1. The zero-order valence-corrected chi connectivity index (χ0v) is 16.5. The van der Waals surface area contributed by atoms with Crippen LogP contribution < -0.4 is 4.74 Å². The Kier molecular flexibility index (Phi) is 4.08. The summed E-state index contributed by atoms with van der Waals surface area (Å²) >= 11 is 0. The normalized spacial score (nSPS) is 21.3. The molecule has 2 aliphatic rings. The van der Waals surface area contributed by atoms with Crippen LogP contribution in [0.15, 0.2) is 48.5 Å². The van der Waals surface area contributed by atoms with Crippen LogP contribution in [-0.4, -0.2) is 52.8 Å². The van der Waals surface area contributed by atoms with Crippen molar-refractivity contribution in [3.63, 3.8) is 0 Å². The molecule has 5 rings (SSSR count). The Balaban J connectivity index is 1.69. The van der Waals surface area contributed by atoms with Crippen molar-refractivity contribution in [2.75, 3.05) is 20.2 Å². The SMILES string of the molecule is CCOc1ccc([C@H]2c3[nH]c4ccccc4c3C[C@@H]3C(=O)N(C)CC(=O)N23)cc1. The first-order chi connectivity index (χ1) is 14.1. The first-order valence-corrected chi connectivity index (χ1v) is 9.97. The second-order valence-corrected chi connectivity index (χ2v) is 7.68. The van der Waals surface area contributed by atoms with Crippen LogP contribution in [0.3, 0.4) is 0 Å². The molecule has 6 nitrogen and oxygen atoms in total. The molecule has 1 saturated heterocycles. The summed E-state index contributed by atoms with van der Waals surface area (Å²) in [7, 11) is 1.70. The van der Waals surface area contributed by atoms with Gasteiger partial charge in [-0.25, -0.2) is 0 Å². The van der Waals surface area contributed by atoms with Crippen LogP contribution in [0.1, 0.15) is 29.8 Å². The fourth-order valence-corrected chi connectivity index (χ4v) is 4.67. The van der Waals surface area contributed by atoms with Crippen LogP contribution in [0.25, 0.3) is 10.9 Å². The largest absolute Gasteiger partial charge is 0.494 e. The van der Waals surface area contributed by atoms with E-state index < -0.39 is 6.04 Å². The predicted molar refractivity (Wildman–Crippen MR) is 110 cm³/mol. The Bertz CT molecular complexity index is 1100. The van der Waals surface area contributed by atoms with E-state index >= 15 is 0 Å². The van der Waals surface area contributed by atoms with E-state index in [0.29, 0.717) is 13.0 Å². The summed E-state index contributed by atoms with van der Waals surface area (Å²) in [5, 5.41) is 1.12. The summed E-state index contributed by atoms with van der Waals surface area (Å²) in [5.41, 5.74) is 4.12. The van der Waals surface area contributed by atoms with Gasteiger partial charge in [0.1, 0.15) is 11.8 Å². The van der Waals surface area contributed by atoms with E-state index in [2.05, 4.69) is 11.1 Å². The van der Waals surface area contributed by atoms with Gasteiger partial charge in [-0.2, -0.15) is 0 Å². The predicted octanol–water partition coefficient (Wildman–Crippen LogP) is 2.88. The van der Waals surface area contributed by atoms with Gasteiger partial charge in [0.15, 0.2) is 0 Å². The average Bonchev–Trinajstić information content (AvgIpc) is 3.10. The Morgan fingerprint density at radius 3 is 2.62 bits per heavy atom. The molecule has 1 N–H and O–H groups in total. The van der Waals surface area contributed by atoms with Gasteiger partial charge in [-0.05, 0) is 36.2 Å². The van der Waals surface area contributed by atoms with Crippen LogP contribution in [-0.2, 0) is 16.0 Å². The molecular formula is C23H23N3O3. The molecule has 148 valence electrons. The Labute approximate surface area is 169 Å². The topological polar surface area (TPSA) is 65.6 Å². The highest BCUT2D eigenvalue weighted by molar-refractivity contribution is 5.97. The number of aromatic nitrogens is 1. The van der Waals surface area contributed by atoms with Crippen molar-refractivity contribution in [1.82, 2.24) is 14.8 Å². The minimum Gasteiger partial charge on any atom is -0.494 e. The highest BCUT2D eigenvalue weighted by Gasteiger charge is 2.47. The lowest BCUT2D eigenvalue weighted by Crippen LogP contribution is -2.62. The molecule has 3 heterocycles. The van der Waals surface area contributed by atoms with Gasteiger partial charge in [0.05, 0.1) is 19.2 Å². The highest BCUT2D eigenvalue weighted by Crippen LogP contribution is 2.42. The van der Waals surface area contributed by atoms with E-state index in [4.69, 9.17) is 4.74 Å². The number of para-hydroxylation sites is 1. The summed E-state index contributed by atoms with van der Waals surface area (Å²) in [4.78, 5) is 32.9. The number of piperazine rings is 1. The number of hydrogen-bond donors (Lipinski definition) is 1. The summed E-state index contributed by atoms with van der Waals surface area (Å²) in [5.74, 6) is 0.762. The first kappa shape index (κ1) is 17.8. The quantitative estimate of drug-likeness (QED) is 0.749. The van der Waals surface area contributed by atoms with Crippen molar-refractivity contribution in [1.29, 1.82) is 0 Å². The van der Waals surface area contributed by atoms with Crippen molar-refractivity contribution < 1.29 is 14.3 Å². The maximum absolute atomic E-state index is 13.1. The third-order valence-electron chi connectivity index (χ3n) is 5.96. The molecule has 0 aliphatic carbocycles. The number of benzene rings is 2. The molecule has 2 aliphatic heterocycles. The Hall–Kier alpha value is -3.28. The second kappa shape index (κ2) is 6.65. The lowest BCUT2D eigenvalue weighted by atomic mass is 9.86. The number of likely N-dealkylation sites (N-methyl/N-ethyl adjacent to an activating group) is 1. The monoisotopic (exact) mass is 389 g/mol. The summed E-state index contributed by atoms with van der Waals surface area (Å²) < 4.78 is 5.58. The maximum atomic E-state index is 13.1. The average molecular weight is 389 g/mol. The van der Waals surface area contributed by atoms with E-state index in [0.717, 1.165) is 33.5 Å². The molecule has 29 heavy (non-hydrogen) atoms. The second-order valence-electron chi connectivity index (χ2n) is 7.68. The molecule has 0 unspecified atom stereocenters. The Morgan fingerprint density at radius 2 is 1.86 bits per heavy atom. The number of carbonyl (C=O) groups is 2. The number of nitrogens with one attached hydrogen (secondary N) is 1. The van der Waals surface area contributed by atoms with Crippen molar-refractivity contribution in [2.24, 2.45) is 0 Å². The molecular weight excluding hydrogens is 366 g/mol. The van der Waals surface area contributed by atoms with Gasteiger partial charge in [-0.1, -0.05) is 30.3 Å². The molecule has 1 aromatic heterocycles. The molecule has 1 fully saturated rings. The molecule has 3 aromatic rings. The smallest absolute Gasteiger partial charge is 0.245 e. The van der Waals surface area contributed by atoms with Gasteiger partial charge < -0.3 is 19.5 Å². The molecule has 6 heteroatoms. The third kappa shape index (κ3) is 2.70. The number of aromatic amines is 1. The van der Waals surface area contributed by atoms with E-state index in [1.165, 1.54) is 0 Å². The van der Waals surface area contributed by atoms with Crippen molar-refractivity contribution in [3.8, 4) is 5.75 Å². The van der Waals surface area contributed by atoms with Crippen molar-refractivity contribution in [2.45, 2.75) is 25.4 Å². The fraction of sp³-hybridized carbons (Fsp3) is 0.304. The van der Waals surface area contributed by atoms with E-state index in [1.807, 2.05) is 49.4 Å². The molecule has 0 spiro atoms. The number of rotatable bonds is 3. The van der Waals surface area contributed by atoms with E-state index in [-0.39, 0.29) is 24.4 Å². The van der Waals surface area contributed by atoms with Gasteiger partial charge in [-0.3, -0.25) is 9.59 Å². The Morgan fingerprint density at radius 1 is 1.10 bits per heavy atom. The number of H-pyrrole nitrogens is 1. The lowest BCUT2D eigenvalue weighted by Gasteiger charge is -2.46. The number of hydrogen-bond acceptors (Lipinski definition) is 3. The number of amides is 2. The number of fused-ring (bicyclic) bond motifs is 4. The number of nitrogens with zero attached hydrogens (tertiary/aromatic N) is 2. The van der Waals surface area contributed by atoms with Gasteiger partial charge in [0.25, 0.3) is 0 Å². The highest BCUT2D eigenvalue weighted by atomic mass is 16.5. The van der Waals surface area contributed by atoms with Crippen LogP contribution in [0.4, 0.5) is 0 Å². The molecule has 0 saturated carbocycles. The van der Waals surface area contributed by atoms with Gasteiger partial charge >= 0.3 is 0 Å². The van der Waals surface area contributed by atoms with Gasteiger partial charge in [0.2, 0.25) is 11.8 Å². The van der Waals surface area contributed by atoms with Crippen LogP contribution in [0.2, 0.25) is 0 Å². The lowest BCUT2D eigenvalue weighted by molar-refractivity contribution is -0.157. The van der Waals surface area contributed by atoms with Gasteiger partial charge in [0, 0.05) is 30.1 Å². The molecule has 0 radical (unpaired) electrons. The first-order valence-electron chi connectivity index (χ1n) is 9.97. The van der Waals surface area contributed by atoms with Gasteiger partial charge in [-0.15, -0.1) is 0 Å². The summed E-state index contributed by atoms with van der Waals surface area (Å²) in [6, 6.07) is 15.1. The summed E-state index contributed by atoms with van der Waals surface area (Å²) in [6.45, 7) is 2.66. The van der Waals surface area contributed by atoms with Crippen molar-refractivity contribution >= 4 is 22.7 Å². The van der Waals surface area contributed by atoms with Crippen LogP contribution in [0.5, 0.6) is 5.75 Å². The molecule has 2 atom stereocenters. The molecule has 2 aromatic carbocycles. The molecule has 0 bridgehead atoms. The zero-order valence-electron chi connectivity index (χ0n) is 16.5. The minimum absolute atomic E-state index is 0.00327. The molecule has 2 amide bonds. The summed E-state index contributed by atoms with van der Waals surface area (Å²) in [6.07, 6.45) is 0.530. The fourth-order valence-electron chi connectivity index (χ4n) is 4.67. The van der Waals surface area contributed by atoms with Crippen molar-refractivity contribution in [3.05, 3.63) is 65.4 Å². The maximum Gasteiger partial charge on any atom is 0.245 e. The van der Waals surface area contributed by atoms with E-state index in [1.54, 1.807) is 16.8 Å².